The molecule has 0 fully saturated rings. The van der Waals surface area contributed by atoms with E-state index in [0.29, 0.717) is 22.1 Å². The molecule has 0 unspecified atom stereocenters. The van der Waals surface area contributed by atoms with Gasteiger partial charge in [0.2, 0.25) is 0 Å². The van der Waals surface area contributed by atoms with Crippen LogP contribution in [-0.2, 0) is 13.6 Å². The van der Waals surface area contributed by atoms with Gasteiger partial charge < -0.3 is 4.57 Å². The van der Waals surface area contributed by atoms with Gasteiger partial charge in [0.1, 0.15) is 0 Å². The molecule has 1 aromatic carbocycles. The van der Waals surface area contributed by atoms with Crippen molar-refractivity contribution in [2.45, 2.75) is 32.0 Å². The first-order valence-corrected chi connectivity index (χ1v) is 9.80. The van der Waals surface area contributed by atoms with Gasteiger partial charge in [-0.15, -0.1) is 0 Å². The highest BCUT2D eigenvalue weighted by Gasteiger charge is 2.17. The summed E-state index contributed by atoms with van der Waals surface area (Å²) in [5.74, 6) is 1.50. The molecule has 1 N–H and O–H groups in total. The summed E-state index contributed by atoms with van der Waals surface area (Å²) in [6.07, 6.45) is 1.05. The molecule has 2 heterocycles. The molecule has 0 aliphatic heterocycles. The van der Waals surface area contributed by atoms with Crippen LogP contribution in [0.2, 0.25) is 5.02 Å². The lowest BCUT2D eigenvalue weighted by Gasteiger charge is -2.07. The Hall–Kier alpha value is -1.99. The third-order valence-corrected chi connectivity index (χ3v) is 5.62. The molecule has 3 aromatic rings. The summed E-state index contributed by atoms with van der Waals surface area (Å²) in [5, 5.41) is 1.30. The van der Waals surface area contributed by atoms with E-state index in [2.05, 4.69) is 23.8 Å². The first-order chi connectivity index (χ1) is 12.4. The summed E-state index contributed by atoms with van der Waals surface area (Å²) in [4.78, 5) is 31.7. The highest BCUT2D eigenvalue weighted by molar-refractivity contribution is 7.99. The summed E-state index contributed by atoms with van der Waals surface area (Å²) in [6.45, 7) is 4.59. The van der Waals surface area contributed by atoms with Crippen LogP contribution in [0.4, 0.5) is 0 Å². The van der Waals surface area contributed by atoms with Gasteiger partial charge in [0.05, 0.1) is 6.54 Å². The fraction of sp³-hybridized carbons (Fsp3) is 0.389. The normalized spacial score (nSPS) is 11.6. The lowest BCUT2D eigenvalue weighted by Crippen LogP contribution is -2.31. The number of fused-ring (bicyclic) bond motifs is 1. The molecule has 26 heavy (non-hydrogen) atoms. The molecule has 0 aliphatic rings. The second-order valence-electron chi connectivity index (χ2n) is 6.59. The van der Waals surface area contributed by atoms with Crippen LogP contribution in [0.15, 0.2) is 39.0 Å². The zero-order valence-electron chi connectivity index (χ0n) is 15.0. The standard InChI is InChI=1S/C18H21ClN4O2S/c1-11(2)8-9-26-18-20-15-14(22(18)3)16(24)21-17(25)23(15)10-12-6-4-5-7-13(12)19/h4-7,11H,8-10H2,1-3H3,(H,21,24,25). The highest BCUT2D eigenvalue weighted by Crippen LogP contribution is 2.23. The minimum absolute atomic E-state index is 0.249. The van der Waals surface area contributed by atoms with E-state index < -0.39 is 11.2 Å². The number of halogens is 1. The molecule has 0 spiro atoms. The van der Waals surface area contributed by atoms with Gasteiger partial charge in [-0.1, -0.05) is 55.4 Å². The Labute approximate surface area is 160 Å². The number of H-pyrrole nitrogens is 1. The van der Waals surface area contributed by atoms with Gasteiger partial charge in [-0.3, -0.25) is 14.3 Å². The molecule has 0 aliphatic carbocycles. The van der Waals surface area contributed by atoms with Gasteiger partial charge in [0.15, 0.2) is 16.3 Å². The maximum absolute atomic E-state index is 12.4. The van der Waals surface area contributed by atoms with Gasteiger partial charge in [-0.25, -0.2) is 9.78 Å². The van der Waals surface area contributed by atoms with Crippen molar-refractivity contribution in [2.24, 2.45) is 13.0 Å². The molecule has 2 aromatic heterocycles. The Kier molecular flexibility index (Phi) is 5.58. The summed E-state index contributed by atoms with van der Waals surface area (Å²) >= 11 is 7.82. The van der Waals surface area contributed by atoms with Gasteiger partial charge in [-0.05, 0) is 24.0 Å². The molecule has 0 saturated carbocycles. The fourth-order valence-corrected chi connectivity index (χ4v) is 4.09. The Morgan fingerprint density at radius 2 is 2.00 bits per heavy atom. The Bertz CT molecular complexity index is 1050. The summed E-state index contributed by atoms with van der Waals surface area (Å²) in [6, 6.07) is 7.32. The monoisotopic (exact) mass is 392 g/mol. The largest absolute Gasteiger partial charge is 0.330 e. The van der Waals surface area contributed by atoms with Crippen molar-refractivity contribution in [2.75, 3.05) is 5.75 Å². The van der Waals surface area contributed by atoms with Crippen LogP contribution in [0.3, 0.4) is 0 Å². The van der Waals surface area contributed by atoms with Crippen molar-refractivity contribution in [1.82, 2.24) is 19.1 Å². The van der Waals surface area contributed by atoms with Gasteiger partial charge in [0.25, 0.3) is 5.56 Å². The number of thioether (sulfide) groups is 1. The Morgan fingerprint density at radius 1 is 1.27 bits per heavy atom. The lowest BCUT2D eigenvalue weighted by molar-refractivity contribution is 0.631. The average Bonchev–Trinajstić information content (AvgIpc) is 2.90. The number of rotatable bonds is 6. The van der Waals surface area contributed by atoms with Crippen molar-refractivity contribution < 1.29 is 0 Å². The molecular formula is C18H21ClN4O2S. The molecule has 0 saturated heterocycles. The topological polar surface area (TPSA) is 72.7 Å². The van der Waals surface area contributed by atoms with Crippen LogP contribution in [0.25, 0.3) is 11.2 Å². The number of hydrogen-bond acceptors (Lipinski definition) is 4. The van der Waals surface area contributed by atoms with E-state index >= 15 is 0 Å². The van der Waals surface area contributed by atoms with E-state index in [1.54, 1.807) is 29.4 Å². The third-order valence-electron chi connectivity index (χ3n) is 4.18. The van der Waals surface area contributed by atoms with E-state index in [9.17, 15) is 9.59 Å². The fourth-order valence-electron chi connectivity index (χ4n) is 2.68. The maximum Gasteiger partial charge on any atom is 0.330 e. The minimum Gasteiger partial charge on any atom is -0.316 e. The molecule has 0 atom stereocenters. The van der Waals surface area contributed by atoms with Crippen molar-refractivity contribution in [3.8, 4) is 0 Å². The van der Waals surface area contributed by atoms with Crippen molar-refractivity contribution in [3.63, 3.8) is 0 Å². The van der Waals surface area contributed by atoms with Crippen LogP contribution in [0.5, 0.6) is 0 Å². The summed E-state index contributed by atoms with van der Waals surface area (Å²) < 4.78 is 3.21. The molecule has 138 valence electrons. The number of aryl methyl sites for hydroxylation is 1. The molecule has 0 radical (unpaired) electrons. The predicted molar refractivity (Wildman–Crippen MR) is 106 cm³/mol. The minimum atomic E-state index is -0.487. The van der Waals surface area contributed by atoms with E-state index in [1.165, 1.54) is 4.57 Å². The molecule has 6 nitrogen and oxygen atoms in total. The first-order valence-electron chi connectivity index (χ1n) is 8.44. The zero-order valence-corrected chi connectivity index (χ0v) is 16.5. The van der Waals surface area contributed by atoms with Crippen LogP contribution < -0.4 is 11.2 Å². The van der Waals surface area contributed by atoms with Gasteiger partial charge >= 0.3 is 5.69 Å². The third kappa shape index (κ3) is 3.73. The number of aromatic nitrogens is 4. The van der Waals surface area contributed by atoms with Gasteiger partial charge in [-0.2, -0.15) is 0 Å². The number of benzene rings is 1. The molecule has 0 bridgehead atoms. The van der Waals surface area contributed by atoms with Crippen LogP contribution in [0, 0.1) is 5.92 Å². The Balaban J connectivity index is 2.07. The van der Waals surface area contributed by atoms with E-state index in [0.717, 1.165) is 22.9 Å². The van der Waals surface area contributed by atoms with E-state index in [4.69, 9.17) is 11.6 Å². The predicted octanol–water partition coefficient (Wildman–Crippen LogP) is 3.26. The SMILES string of the molecule is CC(C)CCSc1nc2c(c(=O)[nH]c(=O)n2Cc2ccccc2Cl)n1C. The molecule has 8 heteroatoms. The summed E-state index contributed by atoms with van der Waals surface area (Å²) in [7, 11) is 1.80. The smallest absolute Gasteiger partial charge is 0.316 e. The quantitative estimate of drug-likeness (QED) is 0.653. The highest BCUT2D eigenvalue weighted by atomic mass is 35.5. The number of imidazole rings is 1. The van der Waals surface area contributed by atoms with Crippen LogP contribution >= 0.6 is 23.4 Å². The van der Waals surface area contributed by atoms with Crippen molar-refractivity contribution in [1.29, 1.82) is 0 Å². The van der Waals surface area contributed by atoms with Crippen LogP contribution in [-0.4, -0.2) is 24.9 Å². The van der Waals surface area contributed by atoms with Gasteiger partial charge in [0, 0.05) is 17.8 Å². The second-order valence-corrected chi connectivity index (χ2v) is 8.06. The van der Waals surface area contributed by atoms with Crippen molar-refractivity contribution >= 4 is 34.5 Å². The number of nitrogens with one attached hydrogen (secondary N) is 1. The Morgan fingerprint density at radius 3 is 2.69 bits per heavy atom. The number of nitrogens with zero attached hydrogens (tertiary/aromatic N) is 3. The lowest BCUT2D eigenvalue weighted by atomic mass is 10.2. The summed E-state index contributed by atoms with van der Waals surface area (Å²) in [5.41, 5.74) is 0.659. The second kappa shape index (κ2) is 7.72. The van der Waals surface area contributed by atoms with Crippen molar-refractivity contribution in [3.05, 3.63) is 55.7 Å². The first kappa shape index (κ1) is 18.8. The molecule has 0 amide bonds. The van der Waals surface area contributed by atoms with E-state index in [1.807, 2.05) is 18.2 Å². The number of aromatic amines is 1. The molecule has 3 rings (SSSR count). The average molecular weight is 393 g/mol. The molecular weight excluding hydrogens is 372 g/mol. The van der Waals surface area contributed by atoms with E-state index in [-0.39, 0.29) is 6.54 Å². The maximum atomic E-state index is 12.4. The number of hydrogen-bond donors (Lipinski definition) is 1. The van der Waals surface area contributed by atoms with Crippen LogP contribution in [0.1, 0.15) is 25.8 Å². The zero-order chi connectivity index (χ0) is 18.8.